The molecule has 2 fully saturated rings. The topological polar surface area (TPSA) is 70.9 Å². The minimum atomic E-state index is -3.46. The number of hydrogen-bond acceptors (Lipinski definition) is 3. The maximum absolute atomic E-state index is 12.7. The molecule has 1 aromatic rings. The van der Waals surface area contributed by atoms with Crippen molar-refractivity contribution in [3.05, 3.63) is 29.8 Å². The highest BCUT2D eigenvalue weighted by Crippen LogP contribution is 2.30. The number of carbonyl (C=O) groups is 1. The van der Waals surface area contributed by atoms with E-state index in [2.05, 4.69) is 11.8 Å². The van der Waals surface area contributed by atoms with Crippen LogP contribution in [0.3, 0.4) is 0 Å². The number of likely N-dealkylation sites (N-methyl/N-ethyl adjacent to an activating group) is 1. The molecular formula is C20H32N3O3S+. The van der Waals surface area contributed by atoms with Gasteiger partial charge in [-0.25, -0.2) is 13.1 Å². The molecule has 150 valence electrons. The Balaban J connectivity index is 1.45. The maximum atomic E-state index is 12.7. The Morgan fingerprint density at radius 1 is 1.11 bits per heavy atom. The summed E-state index contributed by atoms with van der Waals surface area (Å²) in [6, 6.07) is 6.91. The molecule has 1 aliphatic heterocycles. The summed E-state index contributed by atoms with van der Waals surface area (Å²) in [4.78, 5) is 16.5. The minimum Gasteiger partial charge on any atom is -0.334 e. The van der Waals surface area contributed by atoms with Gasteiger partial charge in [0, 0.05) is 12.5 Å². The van der Waals surface area contributed by atoms with E-state index < -0.39 is 10.0 Å². The van der Waals surface area contributed by atoms with Crippen molar-refractivity contribution in [1.82, 2.24) is 9.62 Å². The van der Waals surface area contributed by atoms with Crippen molar-refractivity contribution in [3.8, 4) is 0 Å². The van der Waals surface area contributed by atoms with Crippen LogP contribution in [0.2, 0.25) is 0 Å². The van der Waals surface area contributed by atoms with E-state index >= 15 is 0 Å². The molecular weight excluding hydrogens is 362 g/mol. The smallest absolute Gasteiger partial charge is 0.240 e. The second-order valence-electron chi connectivity index (χ2n) is 8.16. The van der Waals surface area contributed by atoms with Gasteiger partial charge in [0.25, 0.3) is 0 Å². The maximum Gasteiger partial charge on any atom is 0.240 e. The zero-order chi connectivity index (χ0) is 19.4. The predicted octanol–water partition coefficient (Wildman–Crippen LogP) is 0.437. The largest absolute Gasteiger partial charge is 0.334 e. The van der Waals surface area contributed by atoms with E-state index in [4.69, 9.17) is 0 Å². The summed E-state index contributed by atoms with van der Waals surface area (Å²) >= 11 is 0. The number of carbonyl (C=O) groups excluding carboxylic acids is 1. The zero-order valence-electron chi connectivity index (χ0n) is 16.4. The minimum absolute atomic E-state index is 0.119. The highest BCUT2D eigenvalue weighted by Gasteiger charge is 2.31. The Labute approximate surface area is 163 Å². The molecule has 1 heterocycles. The number of aryl methyl sites for hydroxylation is 1. The van der Waals surface area contributed by atoms with Gasteiger partial charge in [-0.05, 0) is 50.7 Å². The van der Waals surface area contributed by atoms with Crippen molar-refractivity contribution in [1.29, 1.82) is 0 Å². The Bertz CT molecular complexity index is 732. The molecule has 3 rings (SSSR count). The Morgan fingerprint density at radius 2 is 1.70 bits per heavy atom. The summed E-state index contributed by atoms with van der Waals surface area (Å²) in [5.41, 5.74) is 1.04. The molecule has 0 bridgehead atoms. The number of quaternary nitrogens is 1. The molecule has 2 aliphatic rings. The molecule has 7 heteroatoms. The number of hydrogen-bond donors (Lipinski definition) is 2. The van der Waals surface area contributed by atoms with E-state index in [1.54, 1.807) is 12.1 Å². The number of rotatable bonds is 5. The van der Waals surface area contributed by atoms with Crippen LogP contribution in [-0.2, 0) is 14.8 Å². The van der Waals surface area contributed by atoms with Gasteiger partial charge in [-0.3, -0.25) is 4.79 Å². The van der Waals surface area contributed by atoms with Gasteiger partial charge in [0.15, 0.2) is 0 Å². The van der Waals surface area contributed by atoms with E-state index in [9.17, 15) is 13.2 Å². The van der Waals surface area contributed by atoms with Gasteiger partial charge < -0.3 is 9.80 Å². The molecule has 1 aromatic carbocycles. The van der Waals surface area contributed by atoms with Crippen LogP contribution in [0, 0.1) is 18.8 Å². The molecule has 0 aromatic heterocycles. The Hall–Kier alpha value is -1.44. The lowest BCUT2D eigenvalue weighted by Gasteiger charge is -2.35. The standard InChI is InChI=1S/C20H31N3O3S/c1-16-3-9-19(10-4-16)27(25,26)21-15-17-5-7-18(8-6-17)20(24)23-13-11-22(2)12-14-23/h3-4,9-10,17-18,21H,5-8,11-15H2,1-2H3/p+1. The van der Waals surface area contributed by atoms with Crippen LogP contribution in [0.4, 0.5) is 0 Å². The number of nitrogens with zero attached hydrogens (tertiary/aromatic N) is 1. The van der Waals surface area contributed by atoms with Crippen LogP contribution in [0.5, 0.6) is 0 Å². The second-order valence-corrected chi connectivity index (χ2v) is 9.93. The quantitative estimate of drug-likeness (QED) is 0.761. The first-order chi connectivity index (χ1) is 12.8. The SMILES string of the molecule is Cc1ccc(S(=O)(=O)NCC2CCC(C(=O)N3CC[NH+](C)CC3)CC2)cc1. The van der Waals surface area contributed by atoms with E-state index in [1.807, 2.05) is 24.0 Å². The van der Waals surface area contributed by atoms with Crippen LogP contribution in [0.1, 0.15) is 31.2 Å². The molecule has 6 nitrogen and oxygen atoms in total. The van der Waals surface area contributed by atoms with Crippen LogP contribution < -0.4 is 9.62 Å². The summed E-state index contributed by atoms with van der Waals surface area (Å²) in [5, 5.41) is 0. The average Bonchev–Trinajstić information content (AvgIpc) is 2.67. The number of amides is 1. The number of piperazine rings is 1. The van der Waals surface area contributed by atoms with Gasteiger partial charge in [0.2, 0.25) is 15.9 Å². The molecule has 1 saturated carbocycles. The highest BCUT2D eigenvalue weighted by atomic mass is 32.2. The third kappa shape index (κ3) is 5.30. The third-order valence-electron chi connectivity index (χ3n) is 6.02. The van der Waals surface area contributed by atoms with E-state index in [1.165, 1.54) is 4.90 Å². The lowest BCUT2D eigenvalue weighted by molar-refractivity contribution is -0.883. The molecule has 2 N–H and O–H groups in total. The zero-order valence-corrected chi connectivity index (χ0v) is 17.2. The number of sulfonamides is 1. The molecule has 0 spiro atoms. The fraction of sp³-hybridized carbons (Fsp3) is 0.650. The van der Waals surface area contributed by atoms with Crippen LogP contribution in [0.25, 0.3) is 0 Å². The van der Waals surface area contributed by atoms with Crippen molar-refractivity contribution in [2.24, 2.45) is 11.8 Å². The summed E-state index contributed by atoms with van der Waals surface area (Å²) < 4.78 is 27.6. The van der Waals surface area contributed by atoms with Crippen molar-refractivity contribution >= 4 is 15.9 Å². The molecule has 1 amide bonds. The van der Waals surface area contributed by atoms with Crippen molar-refractivity contribution in [2.75, 3.05) is 39.8 Å². The third-order valence-corrected chi connectivity index (χ3v) is 7.46. The molecule has 0 radical (unpaired) electrons. The van der Waals surface area contributed by atoms with E-state index in [0.29, 0.717) is 23.3 Å². The lowest BCUT2D eigenvalue weighted by Crippen LogP contribution is -3.12. The number of nitrogens with one attached hydrogen (secondary N) is 2. The van der Waals surface area contributed by atoms with Gasteiger partial charge in [0.1, 0.15) is 0 Å². The first-order valence-electron chi connectivity index (χ1n) is 10.0. The predicted molar refractivity (Wildman–Crippen MR) is 105 cm³/mol. The van der Waals surface area contributed by atoms with Crippen molar-refractivity contribution in [3.63, 3.8) is 0 Å². The fourth-order valence-electron chi connectivity index (χ4n) is 4.01. The summed E-state index contributed by atoms with van der Waals surface area (Å²) in [6.45, 7) is 6.17. The molecule has 27 heavy (non-hydrogen) atoms. The lowest BCUT2D eigenvalue weighted by atomic mass is 9.81. The summed E-state index contributed by atoms with van der Waals surface area (Å²) in [7, 11) is -1.28. The first-order valence-corrected chi connectivity index (χ1v) is 11.5. The van der Waals surface area contributed by atoms with Gasteiger partial charge >= 0.3 is 0 Å². The van der Waals surface area contributed by atoms with E-state index in [-0.39, 0.29) is 5.92 Å². The summed E-state index contributed by atoms with van der Waals surface area (Å²) in [5.74, 6) is 0.737. The van der Waals surface area contributed by atoms with Crippen LogP contribution in [-0.4, -0.2) is 59.0 Å². The van der Waals surface area contributed by atoms with E-state index in [0.717, 1.165) is 57.4 Å². The Kier molecular flexibility index (Phi) is 6.55. The Morgan fingerprint density at radius 3 is 2.30 bits per heavy atom. The highest BCUT2D eigenvalue weighted by molar-refractivity contribution is 7.89. The molecule has 0 atom stereocenters. The van der Waals surface area contributed by atoms with Gasteiger partial charge in [-0.2, -0.15) is 0 Å². The summed E-state index contributed by atoms with van der Waals surface area (Å²) in [6.07, 6.45) is 3.56. The molecule has 1 saturated heterocycles. The fourth-order valence-corrected chi connectivity index (χ4v) is 5.13. The molecule has 1 aliphatic carbocycles. The second kappa shape index (κ2) is 8.71. The molecule has 0 unspecified atom stereocenters. The first kappa shape index (κ1) is 20.3. The van der Waals surface area contributed by atoms with Gasteiger partial charge in [0.05, 0.1) is 38.1 Å². The normalized spacial score (nSPS) is 24.7. The van der Waals surface area contributed by atoms with Crippen molar-refractivity contribution < 1.29 is 18.1 Å². The number of benzene rings is 1. The van der Waals surface area contributed by atoms with Crippen LogP contribution in [0.15, 0.2) is 29.2 Å². The van der Waals surface area contributed by atoms with Gasteiger partial charge in [-0.1, -0.05) is 17.7 Å². The van der Waals surface area contributed by atoms with Gasteiger partial charge in [-0.15, -0.1) is 0 Å². The monoisotopic (exact) mass is 394 g/mol. The van der Waals surface area contributed by atoms with Crippen LogP contribution >= 0.6 is 0 Å². The van der Waals surface area contributed by atoms with Crippen molar-refractivity contribution in [2.45, 2.75) is 37.5 Å². The average molecular weight is 395 g/mol.